The standard InChI is InChI=1S/C50H53N5O6Si/c1-33-48(62(4,5)40-23-20-38(59-2)21-24-40)46(27-28-53-31-43(51-52-53)41(32-56)35-11-7-6-8-12-35)61-50(33)42-29-39(60-3)22-25-45(42)54(49(50)58)30-34-15-18-37(19-16-34)55-44-14-10-9-13-36(44)17-26-47(55)57/h6-16,18-25,29,31,33,41,46,48,56H,17,26-28,30,32H2,1-5H3/t33-,41?,46+,48-,50+/m1/s1. The molecular formula is C50H53N5O6Si. The third-order valence-electron chi connectivity index (χ3n) is 13.6. The summed E-state index contributed by atoms with van der Waals surface area (Å²) in [6.45, 7) is 7.69. The molecule has 1 spiro atoms. The van der Waals surface area contributed by atoms with E-state index in [1.807, 2.05) is 119 Å². The number of amides is 2. The molecular weight excluding hydrogens is 795 g/mol. The number of ether oxygens (including phenoxy) is 3. The van der Waals surface area contributed by atoms with Gasteiger partial charge in [0.1, 0.15) is 11.5 Å². The average molecular weight is 848 g/mol. The van der Waals surface area contributed by atoms with Gasteiger partial charge >= 0.3 is 0 Å². The van der Waals surface area contributed by atoms with E-state index in [2.05, 4.69) is 48.5 Å². The monoisotopic (exact) mass is 847 g/mol. The van der Waals surface area contributed by atoms with Crippen molar-refractivity contribution in [2.24, 2.45) is 5.92 Å². The summed E-state index contributed by atoms with van der Waals surface area (Å²) >= 11 is 0. The van der Waals surface area contributed by atoms with Crippen molar-refractivity contribution < 1.29 is 28.9 Å². The fraction of sp³-hybridized carbons (Fsp3) is 0.320. The number of methoxy groups -OCH3 is 2. The minimum Gasteiger partial charge on any atom is -0.497 e. The summed E-state index contributed by atoms with van der Waals surface area (Å²) in [5, 5.41) is 20.6. The first-order chi connectivity index (χ1) is 30.1. The van der Waals surface area contributed by atoms with Gasteiger partial charge in [0.05, 0.1) is 64.5 Å². The minimum atomic E-state index is -2.42. The van der Waals surface area contributed by atoms with Crippen LogP contribution in [0.3, 0.4) is 0 Å². The van der Waals surface area contributed by atoms with Crippen molar-refractivity contribution in [3.8, 4) is 11.5 Å². The first-order valence-electron chi connectivity index (χ1n) is 21.5. The van der Waals surface area contributed by atoms with Crippen LogP contribution in [0.4, 0.5) is 17.1 Å². The maximum absolute atomic E-state index is 15.5. The van der Waals surface area contributed by atoms with Gasteiger partial charge in [-0.1, -0.05) is 103 Å². The zero-order valence-electron chi connectivity index (χ0n) is 35.9. The third kappa shape index (κ3) is 7.09. The van der Waals surface area contributed by atoms with Crippen LogP contribution < -0.4 is 24.5 Å². The zero-order chi connectivity index (χ0) is 43.2. The molecule has 4 heterocycles. The van der Waals surface area contributed by atoms with Gasteiger partial charge < -0.3 is 24.2 Å². The number of para-hydroxylation sites is 1. The van der Waals surface area contributed by atoms with E-state index in [0.717, 1.165) is 51.5 Å². The molecule has 0 saturated carbocycles. The van der Waals surface area contributed by atoms with Crippen LogP contribution in [0.1, 0.15) is 53.6 Å². The highest BCUT2D eigenvalue weighted by atomic mass is 28.3. The van der Waals surface area contributed by atoms with Gasteiger partial charge in [0, 0.05) is 36.3 Å². The van der Waals surface area contributed by atoms with Gasteiger partial charge in [0.2, 0.25) is 5.91 Å². The second-order valence-electron chi connectivity index (χ2n) is 17.3. The number of aliphatic hydroxyl groups excluding tert-OH is 1. The van der Waals surface area contributed by atoms with E-state index < -0.39 is 13.7 Å². The van der Waals surface area contributed by atoms with E-state index in [1.165, 1.54) is 5.19 Å². The van der Waals surface area contributed by atoms with Crippen LogP contribution in [0.15, 0.2) is 128 Å². The molecule has 1 unspecified atom stereocenters. The summed E-state index contributed by atoms with van der Waals surface area (Å²) in [5.74, 6) is 0.918. The smallest absolute Gasteiger partial charge is 0.264 e. The summed E-state index contributed by atoms with van der Waals surface area (Å²) < 4.78 is 20.6. The first-order valence-corrected chi connectivity index (χ1v) is 24.5. The molecule has 318 valence electrons. The lowest BCUT2D eigenvalue weighted by molar-refractivity contribution is -0.146. The number of aryl methyl sites for hydroxylation is 2. The molecule has 3 aliphatic rings. The summed E-state index contributed by atoms with van der Waals surface area (Å²) in [4.78, 5) is 32.4. The maximum atomic E-state index is 15.5. The van der Waals surface area contributed by atoms with Crippen molar-refractivity contribution in [2.45, 2.75) is 75.5 Å². The van der Waals surface area contributed by atoms with E-state index in [-0.39, 0.29) is 41.9 Å². The highest BCUT2D eigenvalue weighted by Gasteiger charge is 2.66. The van der Waals surface area contributed by atoms with Gasteiger partial charge in [0.15, 0.2) is 5.60 Å². The number of fused-ring (bicyclic) bond motifs is 3. The molecule has 2 amide bonds. The number of aromatic nitrogens is 3. The Balaban J connectivity index is 1.05. The van der Waals surface area contributed by atoms with E-state index in [9.17, 15) is 9.90 Å². The highest BCUT2D eigenvalue weighted by molar-refractivity contribution is 6.91. The number of nitrogens with zero attached hydrogens (tertiary/aromatic N) is 5. The topological polar surface area (TPSA) is 119 Å². The summed E-state index contributed by atoms with van der Waals surface area (Å²) in [6, 6.07) is 40.1. The Labute approximate surface area is 363 Å². The van der Waals surface area contributed by atoms with E-state index >= 15 is 4.79 Å². The van der Waals surface area contributed by atoms with Crippen LogP contribution in [0.2, 0.25) is 18.6 Å². The van der Waals surface area contributed by atoms with E-state index in [4.69, 9.17) is 14.2 Å². The predicted octanol–water partition coefficient (Wildman–Crippen LogP) is 7.88. The average Bonchev–Trinajstić information content (AvgIpc) is 3.96. The van der Waals surface area contributed by atoms with Crippen molar-refractivity contribution in [1.29, 1.82) is 0 Å². The van der Waals surface area contributed by atoms with Crippen LogP contribution in [0.5, 0.6) is 11.5 Å². The van der Waals surface area contributed by atoms with Gasteiger partial charge in [-0.15, -0.1) is 5.10 Å². The Morgan fingerprint density at radius 3 is 2.29 bits per heavy atom. The maximum Gasteiger partial charge on any atom is 0.264 e. The molecule has 9 rings (SSSR count). The van der Waals surface area contributed by atoms with Crippen molar-refractivity contribution in [2.75, 3.05) is 30.6 Å². The first kappa shape index (κ1) is 41.3. The molecule has 11 nitrogen and oxygen atoms in total. The molecule has 0 bridgehead atoms. The highest BCUT2D eigenvalue weighted by Crippen LogP contribution is 2.60. The summed E-state index contributed by atoms with van der Waals surface area (Å²) in [5.41, 5.74) is 5.82. The van der Waals surface area contributed by atoms with Crippen molar-refractivity contribution in [1.82, 2.24) is 15.0 Å². The van der Waals surface area contributed by atoms with Crippen molar-refractivity contribution in [3.63, 3.8) is 0 Å². The fourth-order valence-corrected chi connectivity index (χ4v) is 14.4. The van der Waals surface area contributed by atoms with E-state index in [0.29, 0.717) is 37.4 Å². The van der Waals surface area contributed by atoms with Crippen molar-refractivity contribution in [3.05, 3.63) is 155 Å². The number of anilines is 3. The Morgan fingerprint density at radius 2 is 1.56 bits per heavy atom. The van der Waals surface area contributed by atoms with Gasteiger partial charge in [-0.2, -0.15) is 0 Å². The number of aliphatic hydroxyl groups is 1. The lowest BCUT2D eigenvalue weighted by Crippen LogP contribution is -2.51. The largest absolute Gasteiger partial charge is 0.497 e. The molecule has 62 heavy (non-hydrogen) atoms. The number of carbonyl (C=O) groups excluding carboxylic acids is 2. The Morgan fingerprint density at radius 1 is 0.855 bits per heavy atom. The second kappa shape index (κ2) is 16.7. The van der Waals surface area contributed by atoms with Crippen LogP contribution >= 0.6 is 0 Å². The molecule has 12 heteroatoms. The van der Waals surface area contributed by atoms with Crippen LogP contribution in [-0.2, 0) is 39.4 Å². The van der Waals surface area contributed by atoms with Gasteiger partial charge in [0.25, 0.3) is 5.91 Å². The van der Waals surface area contributed by atoms with Gasteiger partial charge in [-0.05, 0) is 83.6 Å². The molecule has 5 atom stereocenters. The number of carbonyl (C=O) groups is 2. The van der Waals surface area contributed by atoms with Crippen LogP contribution in [0, 0.1) is 5.92 Å². The molecule has 5 aromatic carbocycles. The molecule has 1 N–H and O–H groups in total. The number of rotatable bonds is 13. The quantitative estimate of drug-likeness (QED) is 0.117. The van der Waals surface area contributed by atoms with Crippen molar-refractivity contribution >= 4 is 42.1 Å². The molecule has 0 radical (unpaired) electrons. The number of hydrogen-bond donors (Lipinski definition) is 1. The van der Waals surface area contributed by atoms with Crippen LogP contribution in [0.25, 0.3) is 0 Å². The summed E-state index contributed by atoms with van der Waals surface area (Å²) in [6.07, 6.45) is 3.39. The fourth-order valence-electron chi connectivity index (χ4n) is 10.4. The lowest BCUT2D eigenvalue weighted by Gasteiger charge is -2.37. The molecule has 3 aliphatic heterocycles. The zero-order valence-corrected chi connectivity index (χ0v) is 36.9. The number of benzene rings is 5. The lowest BCUT2D eigenvalue weighted by atomic mass is 9.82. The minimum absolute atomic E-state index is 0.0144. The number of hydrogen-bond acceptors (Lipinski definition) is 8. The second-order valence-corrected chi connectivity index (χ2v) is 22.0. The van der Waals surface area contributed by atoms with E-state index in [1.54, 1.807) is 19.1 Å². The Kier molecular flexibility index (Phi) is 11.1. The molecule has 1 fully saturated rings. The Hall–Kier alpha value is -6.08. The third-order valence-corrected chi connectivity index (χ3v) is 18.0. The summed E-state index contributed by atoms with van der Waals surface area (Å²) in [7, 11) is 0.902. The Bertz CT molecular complexity index is 2580. The predicted molar refractivity (Wildman–Crippen MR) is 242 cm³/mol. The normalized spacial score (nSPS) is 21.3. The molecule has 1 saturated heterocycles. The molecule has 0 aliphatic carbocycles. The molecule has 6 aromatic rings. The van der Waals surface area contributed by atoms with Gasteiger partial charge in [-0.3, -0.25) is 19.2 Å². The van der Waals surface area contributed by atoms with Crippen LogP contribution in [-0.4, -0.2) is 66.9 Å². The van der Waals surface area contributed by atoms with Gasteiger partial charge in [-0.25, -0.2) is 0 Å². The SMILES string of the molecule is COc1ccc([Si](C)(C)[C@H]2[C@H](CCn3cc(C(CO)c4ccccc4)nn3)O[C@@]3(C(=O)N(Cc4ccc(N5C(=O)CCc6ccccc65)cc4)c4ccc(OC)cc43)[C@@H]2C)cc1. The molecule has 1 aromatic heterocycles.